The van der Waals surface area contributed by atoms with Gasteiger partial charge in [-0.25, -0.2) is 0 Å². The van der Waals surface area contributed by atoms with Crippen molar-refractivity contribution in [2.75, 3.05) is 19.0 Å². The molecule has 0 fully saturated rings. The van der Waals surface area contributed by atoms with Gasteiger partial charge in [-0.15, -0.1) is 0 Å². The van der Waals surface area contributed by atoms with Crippen molar-refractivity contribution in [2.45, 2.75) is 19.8 Å². The second-order valence-electron chi connectivity index (χ2n) is 3.31. The van der Waals surface area contributed by atoms with Crippen LogP contribution in [0.1, 0.15) is 18.9 Å². The molecular formula is C11H17N. The first-order chi connectivity index (χ1) is 5.74. The second kappa shape index (κ2) is 4.15. The van der Waals surface area contributed by atoms with E-state index in [1.165, 1.54) is 24.1 Å². The van der Waals surface area contributed by atoms with E-state index in [-0.39, 0.29) is 0 Å². The Labute approximate surface area is 75.0 Å². The van der Waals surface area contributed by atoms with Crippen LogP contribution in [0.3, 0.4) is 0 Å². The number of anilines is 1. The van der Waals surface area contributed by atoms with Gasteiger partial charge in [0.1, 0.15) is 0 Å². The lowest BCUT2D eigenvalue weighted by atomic mass is 10.1. The normalized spacial score (nSPS) is 9.92. The Bertz CT molecular complexity index is 223. The molecule has 1 aromatic rings. The molecule has 1 aromatic carbocycles. The standard InChI is InChI=1S/C11H17N/c1-4-5-10-6-8-11(9-7-10)12(2)3/h6-9H,4-5H2,1-3H3. The van der Waals surface area contributed by atoms with Crippen LogP contribution in [0, 0.1) is 0 Å². The number of hydrogen-bond donors (Lipinski definition) is 0. The highest BCUT2D eigenvalue weighted by atomic mass is 15.1. The molecule has 0 aliphatic rings. The first kappa shape index (κ1) is 9.11. The van der Waals surface area contributed by atoms with E-state index in [1.807, 2.05) is 0 Å². The molecule has 12 heavy (non-hydrogen) atoms. The summed E-state index contributed by atoms with van der Waals surface area (Å²) in [4.78, 5) is 2.12. The second-order valence-corrected chi connectivity index (χ2v) is 3.31. The summed E-state index contributed by atoms with van der Waals surface area (Å²) in [6, 6.07) is 8.76. The third kappa shape index (κ3) is 2.26. The van der Waals surface area contributed by atoms with E-state index < -0.39 is 0 Å². The van der Waals surface area contributed by atoms with Crippen LogP contribution in [-0.2, 0) is 6.42 Å². The maximum atomic E-state index is 2.21. The molecule has 1 heteroatoms. The number of nitrogens with zero attached hydrogens (tertiary/aromatic N) is 1. The van der Waals surface area contributed by atoms with Crippen LogP contribution in [0.4, 0.5) is 5.69 Å². The topological polar surface area (TPSA) is 3.24 Å². The Kier molecular flexibility index (Phi) is 3.15. The van der Waals surface area contributed by atoms with Gasteiger partial charge in [0.05, 0.1) is 0 Å². The van der Waals surface area contributed by atoms with Crippen molar-refractivity contribution in [3.63, 3.8) is 0 Å². The molecule has 0 saturated heterocycles. The molecule has 0 N–H and O–H groups in total. The average Bonchev–Trinajstić information content (AvgIpc) is 2.06. The van der Waals surface area contributed by atoms with Crippen LogP contribution < -0.4 is 4.90 Å². The van der Waals surface area contributed by atoms with Crippen molar-refractivity contribution >= 4 is 5.69 Å². The summed E-state index contributed by atoms with van der Waals surface area (Å²) in [5.74, 6) is 0. The summed E-state index contributed by atoms with van der Waals surface area (Å²) in [6.07, 6.45) is 2.41. The quantitative estimate of drug-likeness (QED) is 0.662. The highest BCUT2D eigenvalue weighted by molar-refractivity contribution is 5.45. The number of benzene rings is 1. The van der Waals surface area contributed by atoms with Crippen molar-refractivity contribution in [2.24, 2.45) is 0 Å². The Morgan fingerprint density at radius 1 is 1.08 bits per heavy atom. The first-order valence-corrected chi connectivity index (χ1v) is 4.50. The van der Waals surface area contributed by atoms with Gasteiger partial charge in [-0.05, 0) is 24.1 Å². The molecule has 0 heterocycles. The average molecular weight is 163 g/mol. The SMILES string of the molecule is CCCc1ccc(N(C)C)cc1. The highest BCUT2D eigenvalue weighted by Gasteiger charge is 1.94. The number of aryl methyl sites for hydroxylation is 1. The van der Waals surface area contributed by atoms with Gasteiger partial charge in [-0.1, -0.05) is 25.5 Å². The third-order valence-corrected chi connectivity index (χ3v) is 1.99. The summed E-state index contributed by atoms with van der Waals surface area (Å²) in [7, 11) is 4.13. The summed E-state index contributed by atoms with van der Waals surface area (Å²) in [5.41, 5.74) is 2.71. The molecule has 66 valence electrons. The van der Waals surface area contributed by atoms with Gasteiger partial charge in [0.2, 0.25) is 0 Å². The molecule has 0 aromatic heterocycles. The van der Waals surface area contributed by atoms with Gasteiger partial charge in [0.25, 0.3) is 0 Å². The van der Waals surface area contributed by atoms with E-state index in [9.17, 15) is 0 Å². The highest BCUT2D eigenvalue weighted by Crippen LogP contribution is 2.12. The molecule has 1 nitrogen and oxygen atoms in total. The fourth-order valence-electron chi connectivity index (χ4n) is 1.25. The van der Waals surface area contributed by atoms with Crippen LogP contribution in [0.15, 0.2) is 24.3 Å². The van der Waals surface area contributed by atoms with Gasteiger partial charge >= 0.3 is 0 Å². The minimum absolute atomic E-state index is 1.19. The van der Waals surface area contributed by atoms with Gasteiger partial charge < -0.3 is 4.90 Å². The van der Waals surface area contributed by atoms with Gasteiger partial charge in [0.15, 0.2) is 0 Å². The van der Waals surface area contributed by atoms with Crippen molar-refractivity contribution in [1.82, 2.24) is 0 Å². The molecule has 1 rings (SSSR count). The Morgan fingerprint density at radius 2 is 1.67 bits per heavy atom. The summed E-state index contributed by atoms with van der Waals surface area (Å²) in [6.45, 7) is 2.21. The smallest absolute Gasteiger partial charge is 0.0361 e. The van der Waals surface area contributed by atoms with E-state index >= 15 is 0 Å². The lowest BCUT2D eigenvalue weighted by Gasteiger charge is -2.12. The van der Waals surface area contributed by atoms with E-state index in [1.54, 1.807) is 0 Å². The Morgan fingerprint density at radius 3 is 2.08 bits per heavy atom. The predicted octanol–water partition coefficient (Wildman–Crippen LogP) is 2.71. The monoisotopic (exact) mass is 163 g/mol. The van der Waals surface area contributed by atoms with Gasteiger partial charge in [-0.3, -0.25) is 0 Å². The van der Waals surface area contributed by atoms with Gasteiger partial charge in [-0.2, -0.15) is 0 Å². The van der Waals surface area contributed by atoms with E-state index in [2.05, 4.69) is 50.2 Å². The first-order valence-electron chi connectivity index (χ1n) is 4.50. The lowest BCUT2D eigenvalue weighted by Crippen LogP contribution is -2.08. The maximum Gasteiger partial charge on any atom is 0.0361 e. The minimum Gasteiger partial charge on any atom is -0.378 e. The zero-order chi connectivity index (χ0) is 8.97. The van der Waals surface area contributed by atoms with Crippen molar-refractivity contribution in [3.05, 3.63) is 29.8 Å². The molecule has 0 radical (unpaired) electrons. The summed E-state index contributed by atoms with van der Waals surface area (Å²) >= 11 is 0. The molecular weight excluding hydrogens is 146 g/mol. The lowest BCUT2D eigenvalue weighted by molar-refractivity contribution is 0.921. The molecule has 0 aliphatic carbocycles. The number of hydrogen-bond acceptors (Lipinski definition) is 1. The van der Waals surface area contributed by atoms with Crippen LogP contribution in [0.25, 0.3) is 0 Å². The van der Waals surface area contributed by atoms with E-state index in [0.29, 0.717) is 0 Å². The third-order valence-electron chi connectivity index (χ3n) is 1.99. The van der Waals surface area contributed by atoms with Crippen LogP contribution in [0.5, 0.6) is 0 Å². The van der Waals surface area contributed by atoms with Crippen molar-refractivity contribution in [1.29, 1.82) is 0 Å². The molecule has 0 atom stereocenters. The van der Waals surface area contributed by atoms with E-state index in [0.717, 1.165) is 0 Å². The fourth-order valence-corrected chi connectivity index (χ4v) is 1.25. The number of rotatable bonds is 3. The van der Waals surface area contributed by atoms with Crippen LogP contribution in [0.2, 0.25) is 0 Å². The fraction of sp³-hybridized carbons (Fsp3) is 0.455. The molecule has 0 spiro atoms. The Hall–Kier alpha value is -0.980. The molecule has 0 amide bonds. The maximum absolute atomic E-state index is 2.21. The Balaban J connectivity index is 2.71. The van der Waals surface area contributed by atoms with Gasteiger partial charge in [0, 0.05) is 19.8 Å². The van der Waals surface area contributed by atoms with E-state index in [4.69, 9.17) is 0 Å². The molecule has 0 unspecified atom stereocenters. The van der Waals surface area contributed by atoms with Crippen LogP contribution >= 0.6 is 0 Å². The van der Waals surface area contributed by atoms with Crippen molar-refractivity contribution < 1.29 is 0 Å². The molecule has 0 saturated carbocycles. The van der Waals surface area contributed by atoms with Crippen LogP contribution in [-0.4, -0.2) is 14.1 Å². The zero-order valence-corrected chi connectivity index (χ0v) is 8.17. The largest absolute Gasteiger partial charge is 0.378 e. The zero-order valence-electron chi connectivity index (χ0n) is 8.17. The summed E-state index contributed by atoms with van der Waals surface area (Å²) < 4.78 is 0. The predicted molar refractivity (Wildman–Crippen MR) is 54.8 cm³/mol. The minimum atomic E-state index is 1.19. The summed E-state index contributed by atoms with van der Waals surface area (Å²) in [5, 5.41) is 0. The van der Waals surface area contributed by atoms with Crippen molar-refractivity contribution in [3.8, 4) is 0 Å². The molecule has 0 bridgehead atoms. The molecule has 0 aliphatic heterocycles.